The van der Waals surface area contributed by atoms with Gasteiger partial charge in [0.15, 0.2) is 0 Å². The first-order valence-electron chi connectivity index (χ1n) is 8.91. The fourth-order valence-corrected chi connectivity index (χ4v) is 3.69. The van der Waals surface area contributed by atoms with Crippen LogP contribution in [0.3, 0.4) is 0 Å². The van der Waals surface area contributed by atoms with Crippen molar-refractivity contribution in [2.75, 3.05) is 13.2 Å². The second-order valence-electron chi connectivity index (χ2n) is 7.17. The monoisotopic (exact) mass is 356 g/mol. The zero-order valence-corrected chi connectivity index (χ0v) is 14.1. The largest absolute Gasteiger partial charge is 0.368 e. The minimum atomic E-state index is -1.53. The number of amides is 1. The zero-order chi connectivity index (χ0) is 17.7. The highest BCUT2D eigenvalue weighted by Crippen LogP contribution is 2.41. The highest BCUT2D eigenvalue weighted by atomic mass is 16.7. The summed E-state index contributed by atoms with van der Waals surface area (Å²) in [4.78, 5) is 12.0. The lowest BCUT2D eigenvalue weighted by molar-refractivity contribution is -0.197. The first kappa shape index (κ1) is 15.9. The van der Waals surface area contributed by atoms with Crippen molar-refractivity contribution in [2.24, 2.45) is 5.92 Å². The summed E-state index contributed by atoms with van der Waals surface area (Å²) in [7, 11) is 0. The predicted molar refractivity (Wildman–Crippen MR) is 89.8 cm³/mol. The van der Waals surface area contributed by atoms with Crippen LogP contribution in [0.2, 0.25) is 0 Å². The average Bonchev–Trinajstić information content (AvgIpc) is 3.19. The number of aliphatic hydroxyl groups is 1. The van der Waals surface area contributed by atoms with Crippen molar-refractivity contribution >= 4 is 5.91 Å². The van der Waals surface area contributed by atoms with Crippen LogP contribution < -0.4 is 5.32 Å². The molecule has 1 aromatic carbocycles. The van der Waals surface area contributed by atoms with Gasteiger partial charge in [0.2, 0.25) is 11.7 Å². The quantitative estimate of drug-likeness (QED) is 0.828. The van der Waals surface area contributed by atoms with Gasteiger partial charge in [-0.3, -0.25) is 4.79 Å². The molecule has 8 nitrogen and oxygen atoms in total. The third-order valence-corrected chi connectivity index (χ3v) is 5.37. The molecular weight excluding hydrogens is 336 g/mol. The van der Waals surface area contributed by atoms with Crippen LogP contribution in [0.5, 0.6) is 0 Å². The molecule has 3 aliphatic rings. The second-order valence-corrected chi connectivity index (χ2v) is 7.17. The minimum Gasteiger partial charge on any atom is -0.368 e. The number of carbonyl (C=O) groups is 1. The van der Waals surface area contributed by atoms with E-state index in [1.807, 2.05) is 36.5 Å². The molecule has 0 bridgehead atoms. The lowest BCUT2D eigenvalue weighted by Gasteiger charge is -2.27. The molecule has 0 radical (unpaired) electrons. The van der Waals surface area contributed by atoms with Gasteiger partial charge in [-0.05, 0) is 12.8 Å². The Balaban J connectivity index is 1.34. The molecule has 1 aliphatic carbocycles. The fourth-order valence-electron chi connectivity index (χ4n) is 3.69. The first-order valence-corrected chi connectivity index (χ1v) is 8.91. The van der Waals surface area contributed by atoms with E-state index in [9.17, 15) is 9.90 Å². The third kappa shape index (κ3) is 2.53. The van der Waals surface area contributed by atoms with E-state index in [-0.39, 0.29) is 31.1 Å². The summed E-state index contributed by atoms with van der Waals surface area (Å²) in [5.74, 6) is -1.50. The van der Waals surface area contributed by atoms with Crippen molar-refractivity contribution in [2.45, 2.75) is 36.8 Å². The van der Waals surface area contributed by atoms with Crippen LogP contribution in [-0.4, -0.2) is 57.2 Å². The summed E-state index contributed by atoms with van der Waals surface area (Å²) in [6.45, 7) is 0.463. The summed E-state index contributed by atoms with van der Waals surface area (Å²) < 4.78 is 13.2. The Morgan fingerprint density at radius 1 is 1.27 bits per heavy atom. The van der Waals surface area contributed by atoms with Crippen molar-refractivity contribution in [3.05, 3.63) is 36.5 Å². The van der Waals surface area contributed by atoms with Crippen molar-refractivity contribution in [1.82, 2.24) is 20.3 Å². The normalized spacial score (nSPS) is 33.2. The molecular formula is C18H20N4O4. The average molecular weight is 356 g/mol. The van der Waals surface area contributed by atoms with Gasteiger partial charge in [0.05, 0.1) is 19.4 Å². The molecule has 2 saturated heterocycles. The summed E-state index contributed by atoms with van der Waals surface area (Å²) in [5.41, 5.74) is 1.72. The van der Waals surface area contributed by atoms with Gasteiger partial charge >= 0.3 is 0 Å². The van der Waals surface area contributed by atoms with E-state index in [2.05, 4.69) is 15.6 Å². The topological polar surface area (TPSA) is 98.5 Å². The maximum Gasteiger partial charge on any atom is 0.223 e. The Bertz CT molecular complexity index is 822. The lowest BCUT2D eigenvalue weighted by Crippen LogP contribution is -2.54. The van der Waals surface area contributed by atoms with Gasteiger partial charge in [0, 0.05) is 11.5 Å². The fraction of sp³-hybridized carbons (Fsp3) is 0.500. The summed E-state index contributed by atoms with van der Waals surface area (Å²) in [6, 6.07) is 8.89. The second kappa shape index (κ2) is 5.87. The molecule has 0 unspecified atom stereocenters. The highest BCUT2D eigenvalue weighted by molar-refractivity contribution is 5.81. The number of nitrogens with one attached hydrogen (secondary N) is 1. The summed E-state index contributed by atoms with van der Waals surface area (Å²) in [5, 5.41) is 22.3. The van der Waals surface area contributed by atoms with Crippen molar-refractivity contribution in [3.8, 4) is 11.3 Å². The Hall–Kier alpha value is -2.29. The smallest absolute Gasteiger partial charge is 0.223 e. The number of carbonyl (C=O) groups excluding carboxylic acids is 1. The van der Waals surface area contributed by atoms with Gasteiger partial charge in [-0.1, -0.05) is 35.5 Å². The van der Waals surface area contributed by atoms with Crippen molar-refractivity contribution in [1.29, 1.82) is 0 Å². The van der Waals surface area contributed by atoms with E-state index >= 15 is 0 Å². The van der Waals surface area contributed by atoms with Gasteiger partial charge in [-0.25, -0.2) is 4.68 Å². The van der Waals surface area contributed by atoms with Crippen LogP contribution in [0.4, 0.5) is 0 Å². The molecule has 1 aromatic heterocycles. The van der Waals surface area contributed by atoms with Gasteiger partial charge in [0.1, 0.15) is 23.9 Å². The number of fused-ring (bicyclic) bond motifs is 1. The molecule has 5 rings (SSSR count). The number of benzene rings is 1. The molecule has 4 atom stereocenters. The number of rotatable bonds is 4. The van der Waals surface area contributed by atoms with Crippen molar-refractivity contribution in [3.63, 3.8) is 0 Å². The molecule has 3 fully saturated rings. The SMILES string of the molecule is O=C(N[C@H]1CO[C@@H]2[C@@H](n3cc(-c4ccccc4)nn3)CO[C@]12O)C1CC1. The standard InChI is InChI=1S/C18H20N4O4/c23-17(12-6-7-12)19-15-10-25-16-14(9-26-18(15,16)24)22-8-13(20-21-22)11-4-2-1-3-5-11/h1-5,8,12,14-16,24H,6-7,9-10H2,(H,19,23)/t14-,15-,16+,18+/m0/s1. The number of hydrogen-bond donors (Lipinski definition) is 2. The highest BCUT2D eigenvalue weighted by Gasteiger charge is 2.61. The lowest BCUT2D eigenvalue weighted by atomic mass is 10.0. The van der Waals surface area contributed by atoms with Gasteiger partial charge < -0.3 is 19.9 Å². The molecule has 2 N–H and O–H groups in total. The number of aromatic nitrogens is 3. The first-order chi connectivity index (χ1) is 12.6. The zero-order valence-electron chi connectivity index (χ0n) is 14.1. The summed E-state index contributed by atoms with van der Waals surface area (Å²) >= 11 is 0. The van der Waals surface area contributed by atoms with E-state index in [4.69, 9.17) is 9.47 Å². The maximum atomic E-state index is 12.0. The Morgan fingerprint density at radius 3 is 2.85 bits per heavy atom. The van der Waals surface area contributed by atoms with Gasteiger partial charge in [-0.2, -0.15) is 0 Å². The summed E-state index contributed by atoms with van der Waals surface area (Å²) in [6.07, 6.45) is 3.05. The van der Waals surface area contributed by atoms with Gasteiger partial charge in [-0.15, -0.1) is 5.10 Å². The molecule has 2 aromatic rings. The molecule has 2 aliphatic heterocycles. The Labute approximate surface area is 150 Å². The van der Waals surface area contributed by atoms with E-state index in [1.54, 1.807) is 4.68 Å². The maximum absolute atomic E-state index is 12.0. The third-order valence-electron chi connectivity index (χ3n) is 5.37. The molecule has 0 spiro atoms. The molecule has 136 valence electrons. The Kier molecular flexibility index (Phi) is 3.59. The Morgan fingerprint density at radius 2 is 2.08 bits per heavy atom. The molecule has 1 amide bonds. The van der Waals surface area contributed by atoms with Crippen LogP contribution in [0.15, 0.2) is 36.5 Å². The van der Waals surface area contributed by atoms with E-state index in [0.29, 0.717) is 0 Å². The predicted octanol–water partition coefficient (Wildman–Crippen LogP) is 0.499. The molecule has 26 heavy (non-hydrogen) atoms. The van der Waals surface area contributed by atoms with E-state index < -0.39 is 17.9 Å². The molecule has 1 saturated carbocycles. The van der Waals surface area contributed by atoms with E-state index in [1.165, 1.54) is 0 Å². The molecule has 3 heterocycles. The van der Waals surface area contributed by atoms with Crippen LogP contribution in [-0.2, 0) is 14.3 Å². The van der Waals surface area contributed by atoms with Crippen molar-refractivity contribution < 1.29 is 19.4 Å². The van der Waals surface area contributed by atoms with Crippen LogP contribution >= 0.6 is 0 Å². The number of nitrogens with zero attached hydrogens (tertiary/aromatic N) is 3. The van der Waals surface area contributed by atoms with Crippen LogP contribution in [0, 0.1) is 5.92 Å². The minimum absolute atomic E-state index is 0.0353. The van der Waals surface area contributed by atoms with Crippen LogP contribution in [0.25, 0.3) is 11.3 Å². The van der Waals surface area contributed by atoms with E-state index in [0.717, 1.165) is 24.1 Å². The van der Waals surface area contributed by atoms with Gasteiger partial charge in [0.25, 0.3) is 0 Å². The number of ether oxygens (including phenoxy) is 2. The number of hydrogen-bond acceptors (Lipinski definition) is 6. The van der Waals surface area contributed by atoms with Crippen LogP contribution in [0.1, 0.15) is 18.9 Å². The molecule has 8 heteroatoms.